The van der Waals surface area contributed by atoms with Gasteiger partial charge in [0.1, 0.15) is 5.82 Å². The van der Waals surface area contributed by atoms with Gasteiger partial charge in [0.05, 0.1) is 0 Å². The van der Waals surface area contributed by atoms with Crippen LogP contribution in [0.2, 0.25) is 0 Å². The lowest BCUT2D eigenvalue weighted by Crippen LogP contribution is -2.55. The molecule has 1 aliphatic rings. The first kappa shape index (κ1) is 22.8. The molecule has 1 aliphatic carbocycles. The first-order valence-electron chi connectivity index (χ1n) is 9.05. The molecule has 2 aromatic heterocycles. The smallest absolute Gasteiger partial charge is 0.428 e. The number of allylic oxidation sites excluding steroid dienone is 2. The maximum atomic E-state index is 14.5. The summed E-state index contributed by atoms with van der Waals surface area (Å²) in [6.45, 7) is 4.96. The van der Waals surface area contributed by atoms with Crippen molar-refractivity contribution in [3.63, 3.8) is 0 Å². The second-order valence-electron chi connectivity index (χ2n) is 6.91. The third-order valence-electron chi connectivity index (χ3n) is 4.98. The highest BCUT2D eigenvalue weighted by molar-refractivity contribution is 5.82. The SMILES string of the molecule is C=C/C(=C\n1c(C)nnc1C(F)(F)OC)c1cnc(OC2(C(F)(F)F)CCC2)c(F)c1. The molecule has 2 heterocycles. The molecule has 168 valence electrons. The second-order valence-corrected chi connectivity index (χ2v) is 6.91. The van der Waals surface area contributed by atoms with Crippen LogP contribution in [0.15, 0.2) is 24.9 Å². The molecule has 0 unspecified atom stereocenters. The molecule has 0 atom stereocenters. The van der Waals surface area contributed by atoms with Gasteiger partial charge in [0, 0.05) is 25.1 Å². The fourth-order valence-electron chi connectivity index (χ4n) is 2.98. The molecule has 6 nitrogen and oxygen atoms in total. The van der Waals surface area contributed by atoms with Crippen LogP contribution in [0, 0.1) is 12.7 Å². The van der Waals surface area contributed by atoms with Gasteiger partial charge in [-0.15, -0.1) is 10.2 Å². The van der Waals surface area contributed by atoms with Gasteiger partial charge in [-0.25, -0.2) is 9.37 Å². The summed E-state index contributed by atoms with van der Waals surface area (Å²) in [6.07, 6.45) is -5.25. The number of aromatic nitrogens is 4. The molecular formula is C19H18F6N4O2. The van der Waals surface area contributed by atoms with Crippen LogP contribution in [0.5, 0.6) is 5.88 Å². The lowest BCUT2D eigenvalue weighted by molar-refractivity contribution is -0.275. The first-order valence-corrected chi connectivity index (χ1v) is 9.05. The average Bonchev–Trinajstić information content (AvgIpc) is 3.03. The molecule has 0 amide bonds. The van der Waals surface area contributed by atoms with E-state index in [0.717, 1.165) is 30.1 Å². The van der Waals surface area contributed by atoms with Gasteiger partial charge in [-0.1, -0.05) is 12.7 Å². The zero-order valence-electron chi connectivity index (χ0n) is 16.5. The van der Waals surface area contributed by atoms with Gasteiger partial charge in [-0.2, -0.15) is 22.0 Å². The van der Waals surface area contributed by atoms with Crippen LogP contribution in [0.4, 0.5) is 26.3 Å². The van der Waals surface area contributed by atoms with Crippen LogP contribution in [0.1, 0.15) is 36.5 Å². The Morgan fingerprint density at radius 1 is 1.23 bits per heavy atom. The number of halogens is 6. The molecule has 0 radical (unpaired) electrons. The highest BCUT2D eigenvalue weighted by atomic mass is 19.4. The fourth-order valence-corrected chi connectivity index (χ4v) is 2.98. The normalized spacial score (nSPS) is 16.7. The summed E-state index contributed by atoms with van der Waals surface area (Å²) in [5.41, 5.74) is -2.27. The highest BCUT2D eigenvalue weighted by Crippen LogP contribution is 2.48. The quantitative estimate of drug-likeness (QED) is 0.447. The molecule has 0 N–H and O–H groups in total. The minimum Gasteiger partial charge on any atom is -0.459 e. The monoisotopic (exact) mass is 448 g/mol. The summed E-state index contributed by atoms with van der Waals surface area (Å²) in [4.78, 5) is 3.67. The first-order chi connectivity index (χ1) is 14.4. The third kappa shape index (κ3) is 4.16. The summed E-state index contributed by atoms with van der Waals surface area (Å²) in [6, 6.07) is 0.881. The Kier molecular flexibility index (Phi) is 5.87. The summed E-state index contributed by atoms with van der Waals surface area (Å²) < 4.78 is 92.2. The molecule has 31 heavy (non-hydrogen) atoms. The van der Waals surface area contributed by atoms with E-state index in [1.807, 2.05) is 0 Å². The van der Waals surface area contributed by atoms with Crippen molar-refractivity contribution in [2.45, 2.75) is 44.1 Å². The Morgan fingerprint density at radius 3 is 2.39 bits per heavy atom. The van der Waals surface area contributed by atoms with Crippen molar-refractivity contribution in [3.8, 4) is 5.88 Å². The Hall–Kier alpha value is -2.89. The fraction of sp³-hybridized carbons (Fsp3) is 0.421. The number of hydrogen-bond acceptors (Lipinski definition) is 5. The van der Waals surface area contributed by atoms with Crippen LogP contribution in [0.25, 0.3) is 11.8 Å². The maximum Gasteiger partial charge on any atom is 0.428 e. The van der Waals surface area contributed by atoms with Gasteiger partial charge < -0.3 is 9.47 Å². The van der Waals surface area contributed by atoms with Crippen LogP contribution in [-0.2, 0) is 10.8 Å². The zero-order chi connectivity index (χ0) is 23.0. The summed E-state index contributed by atoms with van der Waals surface area (Å²) in [5.74, 6) is -2.67. The Bertz CT molecular complexity index is 1010. The van der Waals surface area contributed by atoms with E-state index >= 15 is 0 Å². The molecule has 1 fully saturated rings. The van der Waals surface area contributed by atoms with E-state index in [4.69, 9.17) is 4.74 Å². The van der Waals surface area contributed by atoms with Crippen molar-refractivity contribution in [2.75, 3.05) is 7.11 Å². The molecule has 0 bridgehead atoms. The van der Waals surface area contributed by atoms with Crippen LogP contribution in [-0.4, -0.2) is 38.6 Å². The third-order valence-corrected chi connectivity index (χ3v) is 4.98. The predicted octanol–water partition coefficient (Wildman–Crippen LogP) is 4.86. The van der Waals surface area contributed by atoms with Gasteiger partial charge in [0.2, 0.25) is 11.4 Å². The predicted molar refractivity (Wildman–Crippen MR) is 97.5 cm³/mol. The Labute approximate surface area is 173 Å². The zero-order valence-corrected chi connectivity index (χ0v) is 16.5. The van der Waals surface area contributed by atoms with Crippen molar-refractivity contribution < 1.29 is 35.8 Å². The molecule has 0 aromatic carbocycles. The van der Waals surface area contributed by atoms with E-state index in [0.29, 0.717) is 6.42 Å². The second kappa shape index (κ2) is 7.98. The van der Waals surface area contributed by atoms with Crippen molar-refractivity contribution in [2.24, 2.45) is 0 Å². The molecule has 0 aliphatic heterocycles. The number of pyridine rings is 1. The molecule has 12 heteroatoms. The summed E-state index contributed by atoms with van der Waals surface area (Å²) in [7, 11) is 0.792. The average molecular weight is 448 g/mol. The number of nitrogens with zero attached hydrogens (tertiary/aromatic N) is 4. The van der Waals surface area contributed by atoms with Gasteiger partial charge in [0.15, 0.2) is 5.82 Å². The van der Waals surface area contributed by atoms with Crippen molar-refractivity contribution >= 4 is 11.8 Å². The summed E-state index contributed by atoms with van der Waals surface area (Å²) >= 11 is 0. The number of aryl methyl sites for hydroxylation is 1. The van der Waals surface area contributed by atoms with E-state index in [9.17, 15) is 26.3 Å². The van der Waals surface area contributed by atoms with Crippen LogP contribution >= 0.6 is 0 Å². The largest absolute Gasteiger partial charge is 0.459 e. The molecule has 0 saturated heterocycles. The van der Waals surface area contributed by atoms with Crippen molar-refractivity contribution in [1.82, 2.24) is 19.7 Å². The van der Waals surface area contributed by atoms with Gasteiger partial charge in [-0.05, 0) is 37.8 Å². The number of ether oxygens (including phenoxy) is 2. The molecular weight excluding hydrogens is 430 g/mol. The van der Waals surface area contributed by atoms with Crippen LogP contribution in [0.3, 0.4) is 0 Å². The van der Waals surface area contributed by atoms with Gasteiger partial charge in [0.25, 0.3) is 5.88 Å². The Balaban J connectivity index is 1.95. The number of rotatable bonds is 7. The van der Waals surface area contributed by atoms with E-state index in [-0.39, 0.29) is 29.8 Å². The van der Waals surface area contributed by atoms with E-state index in [1.165, 1.54) is 13.0 Å². The lowest BCUT2D eigenvalue weighted by Gasteiger charge is -2.42. The Morgan fingerprint density at radius 2 is 1.90 bits per heavy atom. The van der Waals surface area contributed by atoms with Gasteiger partial charge >= 0.3 is 12.3 Å². The minimum atomic E-state index is -4.67. The maximum absolute atomic E-state index is 14.5. The van der Waals surface area contributed by atoms with Crippen molar-refractivity contribution in [3.05, 3.63) is 47.9 Å². The van der Waals surface area contributed by atoms with Gasteiger partial charge in [-0.3, -0.25) is 4.57 Å². The minimum absolute atomic E-state index is 0.0642. The topological polar surface area (TPSA) is 62.1 Å². The number of methoxy groups -OCH3 is 1. The van der Waals surface area contributed by atoms with Crippen LogP contribution < -0.4 is 4.74 Å². The molecule has 0 spiro atoms. The number of alkyl halides is 5. The number of hydrogen-bond donors (Lipinski definition) is 0. The van der Waals surface area contributed by atoms with Crippen molar-refractivity contribution in [1.29, 1.82) is 0 Å². The van der Waals surface area contributed by atoms with E-state index in [2.05, 4.69) is 26.5 Å². The van der Waals surface area contributed by atoms with E-state index < -0.39 is 35.4 Å². The standard InChI is InChI=1S/C19H18F6N4O2/c1-4-12(10-29-11(2)27-28-16(29)18(21,22)30-3)13-8-14(20)15(26-9-13)31-17(6-5-7-17)19(23,24)25/h4,8-10H,1,5-7H2,2-3H3/b12-10+. The molecule has 1 saturated carbocycles. The molecule has 3 rings (SSSR count). The molecule has 2 aromatic rings. The lowest BCUT2D eigenvalue weighted by atomic mass is 9.79. The summed E-state index contributed by atoms with van der Waals surface area (Å²) in [5, 5.41) is 6.97. The van der Waals surface area contributed by atoms with E-state index in [1.54, 1.807) is 0 Å². The highest BCUT2D eigenvalue weighted by Gasteiger charge is 2.61.